The highest BCUT2D eigenvalue weighted by Gasteiger charge is 2.19. The lowest BCUT2D eigenvalue weighted by Crippen LogP contribution is -2.41. The molecule has 0 saturated heterocycles. The smallest absolute Gasteiger partial charge is 0.267 e. The Labute approximate surface area is 146 Å². The molecule has 0 aromatic heterocycles. The number of nitrogens with one attached hydrogen (secondary N) is 2. The van der Waals surface area contributed by atoms with Gasteiger partial charge in [-0.05, 0) is 66.1 Å². The summed E-state index contributed by atoms with van der Waals surface area (Å²) in [5, 5.41) is 9.46. The van der Waals surface area contributed by atoms with Crippen LogP contribution in [0.2, 0.25) is 13.1 Å². The standard InChI is InChI=1S/C17H20N2O3SSi/c1-24(2,22)16-9-7-14(8-10-16)19-23-15-5-3-4-13(12-15)6-11-17(20)18-21/h3-12,19,21-22H,1-2H3,(H,18,20)/b11-6+. The van der Waals surface area contributed by atoms with Gasteiger partial charge < -0.3 is 9.52 Å². The first-order valence-corrected chi connectivity index (χ1v) is 11.1. The van der Waals surface area contributed by atoms with Crippen molar-refractivity contribution in [1.82, 2.24) is 5.48 Å². The Bertz CT molecular complexity index is 727. The van der Waals surface area contributed by atoms with Crippen LogP contribution >= 0.6 is 11.9 Å². The molecule has 0 unspecified atom stereocenters. The maximum atomic E-state index is 11.0. The normalized spacial score (nSPS) is 11.5. The Kier molecular flexibility index (Phi) is 6.21. The topological polar surface area (TPSA) is 81.6 Å². The molecule has 2 aromatic carbocycles. The number of carbonyl (C=O) groups excluding carboxylic acids is 1. The first-order valence-electron chi connectivity index (χ1n) is 7.36. The van der Waals surface area contributed by atoms with Crippen molar-refractivity contribution < 1.29 is 14.8 Å². The Hall–Kier alpha value is -2.06. The van der Waals surface area contributed by atoms with Crippen molar-refractivity contribution in [3.05, 3.63) is 60.2 Å². The molecule has 24 heavy (non-hydrogen) atoms. The van der Waals surface area contributed by atoms with Crippen molar-refractivity contribution >= 4 is 43.1 Å². The lowest BCUT2D eigenvalue weighted by molar-refractivity contribution is -0.124. The minimum absolute atomic E-state index is 0.568. The molecule has 4 N–H and O–H groups in total. The van der Waals surface area contributed by atoms with Crippen LogP contribution in [0.5, 0.6) is 0 Å². The number of hydrogen-bond donors (Lipinski definition) is 4. The third-order valence-corrected chi connectivity index (χ3v) is 5.85. The van der Waals surface area contributed by atoms with Gasteiger partial charge in [0.2, 0.25) is 8.32 Å². The first-order chi connectivity index (χ1) is 11.4. The molecule has 1 amide bonds. The van der Waals surface area contributed by atoms with Gasteiger partial charge in [-0.15, -0.1) is 0 Å². The fraction of sp³-hybridized carbons (Fsp3) is 0.118. The molecule has 2 rings (SSSR count). The Balaban J connectivity index is 1.99. The lowest BCUT2D eigenvalue weighted by Gasteiger charge is -2.15. The van der Waals surface area contributed by atoms with Crippen LogP contribution in [0.4, 0.5) is 5.69 Å². The van der Waals surface area contributed by atoms with E-state index in [-0.39, 0.29) is 0 Å². The molecule has 0 heterocycles. The minimum atomic E-state index is -2.26. The summed E-state index contributed by atoms with van der Waals surface area (Å²) in [6, 6.07) is 15.4. The Morgan fingerprint density at radius 3 is 2.50 bits per heavy atom. The molecule has 0 aliphatic heterocycles. The average Bonchev–Trinajstić information content (AvgIpc) is 2.58. The predicted molar refractivity (Wildman–Crippen MR) is 101 cm³/mol. The number of hydrogen-bond acceptors (Lipinski definition) is 5. The third kappa shape index (κ3) is 5.54. The summed E-state index contributed by atoms with van der Waals surface area (Å²) in [4.78, 5) is 22.1. The number of anilines is 1. The van der Waals surface area contributed by atoms with Crippen LogP contribution in [0.1, 0.15) is 5.56 Å². The van der Waals surface area contributed by atoms with E-state index >= 15 is 0 Å². The minimum Gasteiger partial charge on any atom is -0.428 e. The highest BCUT2D eigenvalue weighted by Crippen LogP contribution is 2.22. The maximum absolute atomic E-state index is 11.0. The van der Waals surface area contributed by atoms with Gasteiger partial charge in [-0.2, -0.15) is 0 Å². The lowest BCUT2D eigenvalue weighted by atomic mass is 10.2. The summed E-state index contributed by atoms with van der Waals surface area (Å²) in [5.74, 6) is -0.568. The monoisotopic (exact) mass is 360 g/mol. The van der Waals surface area contributed by atoms with Crippen LogP contribution in [-0.4, -0.2) is 24.2 Å². The molecule has 126 valence electrons. The molecule has 0 fully saturated rings. The predicted octanol–water partition coefficient (Wildman–Crippen LogP) is 2.73. The van der Waals surface area contributed by atoms with E-state index in [1.165, 1.54) is 18.0 Å². The van der Waals surface area contributed by atoms with Crippen LogP contribution in [0.25, 0.3) is 6.08 Å². The van der Waals surface area contributed by atoms with Crippen LogP contribution in [-0.2, 0) is 4.79 Å². The van der Waals surface area contributed by atoms with Gasteiger partial charge in [0.15, 0.2) is 0 Å². The van der Waals surface area contributed by atoms with Crippen LogP contribution < -0.4 is 15.4 Å². The summed E-state index contributed by atoms with van der Waals surface area (Å²) >= 11 is 1.46. The van der Waals surface area contributed by atoms with Gasteiger partial charge in [-0.1, -0.05) is 24.3 Å². The number of benzene rings is 2. The second-order valence-electron chi connectivity index (χ2n) is 5.72. The van der Waals surface area contributed by atoms with Crippen LogP contribution in [0.15, 0.2) is 59.5 Å². The number of amides is 1. The highest BCUT2D eigenvalue weighted by atomic mass is 32.2. The van der Waals surface area contributed by atoms with E-state index in [1.807, 2.05) is 61.6 Å². The van der Waals surface area contributed by atoms with E-state index in [1.54, 1.807) is 11.6 Å². The zero-order valence-electron chi connectivity index (χ0n) is 13.5. The fourth-order valence-electron chi connectivity index (χ4n) is 1.95. The molecule has 0 spiro atoms. The Morgan fingerprint density at radius 2 is 1.88 bits per heavy atom. The van der Waals surface area contributed by atoms with E-state index < -0.39 is 14.2 Å². The number of hydroxylamine groups is 1. The van der Waals surface area contributed by atoms with E-state index in [0.717, 1.165) is 21.3 Å². The highest BCUT2D eigenvalue weighted by molar-refractivity contribution is 8.00. The molecule has 0 aliphatic rings. The van der Waals surface area contributed by atoms with Gasteiger partial charge in [-0.3, -0.25) is 10.0 Å². The summed E-state index contributed by atoms with van der Waals surface area (Å²) in [5.41, 5.74) is 3.36. The molecule has 2 aromatic rings. The molecule has 0 aliphatic carbocycles. The molecule has 0 radical (unpaired) electrons. The van der Waals surface area contributed by atoms with Gasteiger partial charge >= 0.3 is 0 Å². The van der Waals surface area contributed by atoms with Gasteiger partial charge in [-0.25, -0.2) is 5.48 Å². The zero-order chi connectivity index (χ0) is 17.6. The van der Waals surface area contributed by atoms with Gasteiger partial charge in [0, 0.05) is 16.7 Å². The maximum Gasteiger partial charge on any atom is 0.267 e. The van der Waals surface area contributed by atoms with Crippen molar-refractivity contribution in [2.45, 2.75) is 18.0 Å². The van der Waals surface area contributed by atoms with Crippen molar-refractivity contribution in [3.8, 4) is 0 Å². The van der Waals surface area contributed by atoms with Crippen LogP contribution in [0.3, 0.4) is 0 Å². The van der Waals surface area contributed by atoms with Crippen molar-refractivity contribution in [2.75, 3.05) is 4.72 Å². The zero-order valence-corrected chi connectivity index (χ0v) is 15.3. The Morgan fingerprint density at radius 1 is 1.17 bits per heavy atom. The van der Waals surface area contributed by atoms with E-state index in [4.69, 9.17) is 5.21 Å². The first kappa shape index (κ1) is 18.3. The van der Waals surface area contributed by atoms with E-state index in [2.05, 4.69) is 4.72 Å². The van der Waals surface area contributed by atoms with Crippen molar-refractivity contribution in [2.24, 2.45) is 0 Å². The second-order valence-corrected chi connectivity index (χ2v) is 10.3. The molecule has 0 bridgehead atoms. The van der Waals surface area contributed by atoms with Crippen molar-refractivity contribution in [3.63, 3.8) is 0 Å². The van der Waals surface area contributed by atoms with Gasteiger partial charge in [0.1, 0.15) is 0 Å². The van der Waals surface area contributed by atoms with E-state index in [0.29, 0.717) is 0 Å². The molecular weight excluding hydrogens is 340 g/mol. The summed E-state index contributed by atoms with van der Waals surface area (Å²) in [7, 11) is -2.26. The molecule has 0 atom stereocenters. The summed E-state index contributed by atoms with van der Waals surface area (Å²) in [6.07, 6.45) is 2.88. The molecular formula is C17H20N2O3SSi. The quantitative estimate of drug-likeness (QED) is 0.209. The van der Waals surface area contributed by atoms with E-state index in [9.17, 15) is 9.59 Å². The van der Waals surface area contributed by atoms with Crippen LogP contribution in [0, 0.1) is 0 Å². The van der Waals surface area contributed by atoms with Gasteiger partial charge in [0.05, 0.1) is 0 Å². The molecule has 0 saturated carbocycles. The fourth-order valence-corrected chi connectivity index (χ4v) is 3.65. The third-order valence-electron chi connectivity index (χ3n) is 3.27. The SMILES string of the molecule is C[Si](C)(O)c1ccc(NSc2cccc(/C=C/C(=O)NO)c2)cc1. The average molecular weight is 361 g/mol. The second kappa shape index (κ2) is 8.16. The molecule has 5 nitrogen and oxygen atoms in total. The van der Waals surface area contributed by atoms with Crippen molar-refractivity contribution in [1.29, 1.82) is 0 Å². The largest absolute Gasteiger partial charge is 0.428 e. The number of carbonyl (C=O) groups is 1. The number of rotatable bonds is 6. The van der Waals surface area contributed by atoms with Gasteiger partial charge in [0.25, 0.3) is 5.91 Å². The summed E-state index contributed by atoms with van der Waals surface area (Å²) < 4.78 is 3.25. The summed E-state index contributed by atoms with van der Waals surface area (Å²) in [6.45, 7) is 3.78. The molecule has 7 heteroatoms.